The second-order valence-electron chi connectivity index (χ2n) is 2.17. The Bertz CT molecular complexity index is 97.8. The lowest BCUT2D eigenvalue weighted by molar-refractivity contribution is -0.198. The van der Waals surface area contributed by atoms with Crippen LogP contribution in [0.5, 0.6) is 0 Å². The fourth-order valence-corrected chi connectivity index (χ4v) is 0.894. The molecule has 0 aliphatic carbocycles. The Morgan fingerprint density at radius 1 is 1.70 bits per heavy atom. The van der Waals surface area contributed by atoms with Gasteiger partial charge in [-0.3, -0.25) is 0 Å². The van der Waals surface area contributed by atoms with Gasteiger partial charge in [0.2, 0.25) is 0 Å². The van der Waals surface area contributed by atoms with Gasteiger partial charge in [0, 0.05) is 0 Å². The quantitative estimate of drug-likeness (QED) is 0.533. The van der Waals surface area contributed by atoms with Gasteiger partial charge in [-0.1, -0.05) is 0 Å². The van der Waals surface area contributed by atoms with Gasteiger partial charge in [0.15, 0.2) is 0 Å². The van der Waals surface area contributed by atoms with E-state index in [-0.39, 0.29) is 13.2 Å². The zero-order valence-corrected chi connectivity index (χ0v) is 5.24. The number of halogens is 1. The number of hydrogen-bond donors (Lipinski definition) is 2. The Labute approximate surface area is 57.1 Å². The molecule has 1 fully saturated rings. The summed E-state index contributed by atoms with van der Waals surface area (Å²) in [6.07, 6.45) is -2.71. The van der Waals surface area contributed by atoms with Crippen LogP contribution in [0.2, 0.25) is 0 Å². The Kier molecular flexibility index (Phi) is 2.56. The van der Waals surface area contributed by atoms with E-state index in [0.717, 1.165) is 0 Å². The van der Waals surface area contributed by atoms with Crippen LogP contribution in [0.1, 0.15) is 0 Å². The molecule has 60 valence electrons. The first-order valence-corrected chi connectivity index (χ1v) is 2.97. The fraction of sp³-hybridized carbons (Fsp3) is 1.00. The van der Waals surface area contributed by atoms with E-state index in [1.54, 1.807) is 0 Å². The second kappa shape index (κ2) is 3.25. The van der Waals surface area contributed by atoms with Gasteiger partial charge >= 0.3 is 0 Å². The van der Waals surface area contributed by atoms with E-state index in [4.69, 9.17) is 14.9 Å². The van der Waals surface area contributed by atoms with E-state index >= 15 is 0 Å². The standard InChI is InChI=1S/C5H9FO4/c6-10-4-2-9-3(1-7)5(4)8/h3-5,7-8H,1-2H2/t3-,4-,5-/m1/s1. The normalized spacial score (nSPS) is 40.5. The molecular formula is C5H9FO4. The molecule has 1 aliphatic rings. The summed E-state index contributed by atoms with van der Waals surface area (Å²) in [4.78, 5) is 3.37. The number of rotatable bonds is 2. The molecule has 0 aromatic rings. The third kappa shape index (κ3) is 1.27. The van der Waals surface area contributed by atoms with E-state index in [9.17, 15) is 4.53 Å². The van der Waals surface area contributed by atoms with Gasteiger partial charge in [0.05, 0.1) is 13.2 Å². The van der Waals surface area contributed by atoms with E-state index in [0.29, 0.717) is 0 Å². The van der Waals surface area contributed by atoms with Crippen LogP contribution >= 0.6 is 0 Å². The van der Waals surface area contributed by atoms with Gasteiger partial charge in [-0.05, 0) is 4.53 Å². The minimum Gasteiger partial charge on any atom is -0.394 e. The van der Waals surface area contributed by atoms with Crippen molar-refractivity contribution < 1.29 is 24.4 Å². The average Bonchev–Trinajstić information content (AvgIpc) is 2.30. The molecule has 3 atom stereocenters. The number of aliphatic hydroxyl groups excluding tert-OH is 2. The van der Waals surface area contributed by atoms with Gasteiger partial charge in [0.1, 0.15) is 18.3 Å². The maximum Gasteiger partial charge on any atom is 0.150 e. The van der Waals surface area contributed by atoms with Crippen molar-refractivity contribution in [3.8, 4) is 0 Å². The molecule has 1 saturated heterocycles. The van der Waals surface area contributed by atoms with Crippen LogP contribution in [0.3, 0.4) is 0 Å². The molecule has 5 heteroatoms. The molecule has 0 radical (unpaired) electrons. The van der Waals surface area contributed by atoms with E-state index in [1.165, 1.54) is 0 Å². The number of hydrogen-bond acceptors (Lipinski definition) is 4. The molecular weight excluding hydrogens is 143 g/mol. The molecule has 1 rings (SSSR count). The number of aliphatic hydroxyl groups is 2. The highest BCUT2D eigenvalue weighted by molar-refractivity contribution is 4.82. The van der Waals surface area contributed by atoms with Crippen molar-refractivity contribution in [1.82, 2.24) is 0 Å². The zero-order valence-electron chi connectivity index (χ0n) is 5.24. The maximum atomic E-state index is 11.4. The fourth-order valence-electron chi connectivity index (χ4n) is 0.894. The van der Waals surface area contributed by atoms with Crippen molar-refractivity contribution in [2.24, 2.45) is 0 Å². The maximum absolute atomic E-state index is 11.4. The molecule has 0 amide bonds. The summed E-state index contributed by atoms with van der Waals surface area (Å²) < 4.78 is 16.2. The topological polar surface area (TPSA) is 58.9 Å². The smallest absolute Gasteiger partial charge is 0.150 e. The average molecular weight is 152 g/mol. The molecule has 0 unspecified atom stereocenters. The molecule has 4 nitrogen and oxygen atoms in total. The van der Waals surface area contributed by atoms with Crippen molar-refractivity contribution in [1.29, 1.82) is 0 Å². The van der Waals surface area contributed by atoms with Crippen LogP contribution in [0, 0.1) is 0 Å². The van der Waals surface area contributed by atoms with Crippen LogP contribution in [0.25, 0.3) is 0 Å². The molecule has 0 aromatic heterocycles. The summed E-state index contributed by atoms with van der Waals surface area (Å²) in [6, 6.07) is 0. The van der Waals surface area contributed by atoms with Gasteiger partial charge in [-0.25, -0.2) is 0 Å². The highest BCUT2D eigenvalue weighted by Crippen LogP contribution is 2.16. The largest absolute Gasteiger partial charge is 0.394 e. The predicted molar refractivity (Wildman–Crippen MR) is 28.8 cm³/mol. The van der Waals surface area contributed by atoms with Crippen LogP contribution in [0.15, 0.2) is 0 Å². The summed E-state index contributed by atoms with van der Waals surface area (Å²) in [5.74, 6) is 0. The lowest BCUT2D eigenvalue weighted by atomic mass is 10.2. The predicted octanol–water partition coefficient (Wildman–Crippen LogP) is -0.992. The lowest BCUT2D eigenvalue weighted by Gasteiger charge is -2.10. The summed E-state index contributed by atoms with van der Waals surface area (Å²) in [7, 11) is 0. The highest BCUT2D eigenvalue weighted by Gasteiger charge is 2.36. The molecule has 1 heterocycles. The minimum atomic E-state index is -1.06. The molecule has 0 bridgehead atoms. The minimum absolute atomic E-state index is 0.0110. The van der Waals surface area contributed by atoms with Crippen LogP contribution in [0.4, 0.5) is 4.53 Å². The van der Waals surface area contributed by atoms with E-state index in [2.05, 4.69) is 4.94 Å². The Morgan fingerprint density at radius 3 is 2.70 bits per heavy atom. The van der Waals surface area contributed by atoms with Crippen LogP contribution in [-0.2, 0) is 9.68 Å². The molecule has 0 saturated carbocycles. The Hall–Kier alpha value is -0.230. The van der Waals surface area contributed by atoms with Crippen molar-refractivity contribution in [3.05, 3.63) is 0 Å². The van der Waals surface area contributed by atoms with Crippen LogP contribution < -0.4 is 0 Å². The van der Waals surface area contributed by atoms with E-state index < -0.39 is 18.3 Å². The van der Waals surface area contributed by atoms with Crippen molar-refractivity contribution in [2.45, 2.75) is 18.3 Å². The first kappa shape index (κ1) is 7.87. The zero-order chi connectivity index (χ0) is 7.56. The second-order valence-corrected chi connectivity index (χ2v) is 2.17. The molecule has 0 aromatic carbocycles. The third-order valence-corrected chi connectivity index (χ3v) is 1.53. The Morgan fingerprint density at radius 2 is 2.40 bits per heavy atom. The summed E-state index contributed by atoms with van der Waals surface area (Å²) in [5.41, 5.74) is 0. The van der Waals surface area contributed by atoms with Crippen molar-refractivity contribution >= 4 is 0 Å². The van der Waals surface area contributed by atoms with E-state index in [1.807, 2.05) is 0 Å². The molecule has 2 N–H and O–H groups in total. The first-order chi connectivity index (χ1) is 4.79. The van der Waals surface area contributed by atoms with Crippen molar-refractivity contribution in [3.63, 3.8) is 0 Å². The lowest BCUT2D eigenvalue weighted by Crippen LogP contribution is -2.32. The van der Waals surface area contributed by atoms with Gasteiger partial charge in [-0.2, -0.15) is 4.94 Å². The molecule has 0 spiro atoms. The third-order valence-electron chi connectivity index (χ3n) is 1.53. The highest BCUT2D eigenvalue weighted by atomic mass is 19.3. The van der Waals surface area contributed by atoms with Crippen LogP contribution in [-0.4, -0.2) is 41.7 Å². The summed E-state index contributed by atoms with van der Waals surface area (Å²) in [5, 5.41) is 17.5. The van der Waals surface area contributed by atoms with Gasteiger partial charge in [0.25, 0.3) is 0 Å². The molecule has 10 heavy (non-hydrogen) atoms. The summed E-state index contributed by atoms with van der Waals surface area (Å²) >= 11 is 0. The molecule has 1 aliphatic heterocycles. The van der Waals surface area contributed by atoms with Gasteiger partial charge < -0.3 is 14.9 Å². The first-order valence-electron chi connectivity index (χ1n) is 2.97. The van der Waals surface area contributed by atoms with Gasteiger partial charge in [-0.15, -0.1) is 0 Å². The summed E-state index contributed by atoms with van der Waals surface area (Å²) in [6.45, 7) is -0.329. The number of ether oxygens (including phenoxy) is 1. The van der Waals surface area contributed by atoms with Crippen molar-refractivity contribution in [2.75, 3.05) is 13.2 Å². The Balaban J connectivity index is 2.41. The monoisotopic (exact) mass is 152 g/mol. The SMILES string of the molecule is OC[C@H]1OC[C@@H](OF)[C@@H]1O.